The molecule has 102 valence electrons. The van der Waals surface area contributed by atoms with E-state index in [0.717, 1.165) is 18.4 Å². The fourth-order valence-corrected chi connectivity index (χ4v) is 2.69. The highest BCUT2D eigenvalue weighted by Gasteiger charge is 2.26. The van der Waals surface area contributed by atoms with Gasteiger partial charge in [-0.25, -0.2) is 0 Å². The summed E-state index contributed by atoms with van der Waals surface area (Å²) in [5, 5.41) is 12.2. The van der Waals surface area contributed by atoms with Gasteiger partial charge in [0.25, 0.3) is 0 Å². The lowest BCUT2D eigenvalue weighted by molar-refractivity contribution is -0.124. The molecule has 2 aromatic rings. The van der Waals surface area contributed by atoms with E-state index in [1.54, 1.807) is 12.1 Å². The SMILES string of the molecule is O=C(NCc1ccc(O)cc1)C1Cc2ccccc2C1. The topological polar surface area (TPSA) is 49.3 Å². The van der Waals surface area contributed by atoms with E-state index in [0.29, 0.717) is 6.54 Å². The molecule has 0 radical (unpaired) electrons. The number of aromatic hydroxyl groups is 1. The molecule has 0 atom stereocenters. The number of rotatable bonds is 3. The van der Waals surface area contributed by atoms with Gasteiger partial charge in [-0.15, -0.1) is 0 Å². The Balaban J connectivity index is 1.57. The summed E-state index contributed by atoms with van der Waals surface area (Å²) in [5.74, 6) is 0.394. The first-order valence-electron chi connectivity index (χ1n) is 6.85. The second-order valence-electron chi connectivity index (χ2n) is 5.26. The van der Waals surface area contributed by atoms with Crippen LogP contribution in [0.2, 0.25) is 0 Å². The number of carbonyl (C=O) groups is 1. The Kier molecular flexibility index (Phi) is 3.42. The molecule has 3 heteroatoms. The van der Waals surface area contributed by atoms with Crippen LogP contribution in [-0.4, -0.2) is 11.0 Å². The first kappa shape index (κ1) is 12.7. The predicted octanol–water partition coefficient (Wildman–Crippen LogP) is 2.42. The average Bonchev–Trinajstić information content (AvgIpc) is 2.90. The van der Waals surface area contributed by atoms with Crippen molar-refractivity contribution in [1.82, 2.24) is 5.32 Å². The molecule has 1 aliphatic rings. The van der Waals surface area contributed by atoms with Crippen LogP contribution in [0.1, 0.15) is 16.7 Å². The molecule has 0 aliphatic heterocycles. The molecule has 1 aliphatic carbocycles. The van der Waals surface area contributed by atoms with Crippen LogP contribution in [0.3, 0.4) is 0 Å². The molecular weight excluding hydrogens is 250 g/mol. The van der Waals surface area contributed by atoms with Gasteiger partial charge in [-0.3, -0.25) is 4.79 Å². The lowest BCUT2D eigenvalue weighted by Gasteiger charge is -2.10. The number of hydrogen-bond donors (Lipinski definition) is 2. The molecular formula is C17H17NO2. The first-order chi connectivity index (χ1) is 9.72. The normalized spacial score (nSPS) is 14.0. The summed E-state index contributed by atoms with van der Waals surface area (Å²) in [5.41, 5.74) is 3.57. The van der Waals surface area contributed by atoms with Crippen molar-refractivity contribution in [2.24, 2.45) is 5.92 Å². The fourth-order valence-electron chi connectivity index (χ4n) is 2.69. The Bertz CT molecular complexity index is 594. The van der Waals surface area contributed by atoms with Crippen LogP contribution in [0, 0.1) is 5.92 Å². The lowest BCUT2D eigenvalue weighted by Crippen LogP contribution is -2.30. The van der Waals surface area contributed by atoms with Gasteiger partial charge in [0.2, 0.25) is 5.91 Å². The molecule has 0 bridgehead atoms. The lowest BCUT2D eigenvalue weighted by atomic mass is 10.1. The highest BCUT2D eigenvalue weighted by atomic mass is 16.3. The zero-order chi connectivity index (χ0) is 13.9. The van der Waals surface area contributed by atoms with E-state index >= 15 is 0 Å². The number of amides is 1. The highest BCUT2D eigenvalue weighted by molar-refractivity contribution is 5.80. The molecule has 20 heavy (non-hydrogen) atoms. The van der Waals surface area contributed by atoms with Crippen molar-refractivity contribution in [3.8, 4) is 5.75 Å². The highest BCUT2D eigenvalue weighted by Crippen LogP contribution is 2.26. The second kappa shape index (κ2) is 5.37. The zero-order valence-electron chi connectivity index (χ0n) is 11.2. The molecule has 3 nitrogen and oxygen atoms in total. The minimum absolute atomic E-state index is 0.0458. The summed E-state index contributed by atoms with van der Waals surface area (Å²) < 4.78 is 0. The molecule has 3 rings (SSSR count). The van der Waals surface area contributed by atoms with Gasteiger partial charge in [0.05, 0.1) is 0 Å². The van der Waals surface area contributed by atoms with Crippen molar-refractivity contribution >= 4 is 5.91 Å². The zero-order valence-corrected chi connectivity index (χ0v) is 11.2. The van der Waals surface area contributed by atoms with E-state index in [-0.39, 0.29) is 17.6 Å². The quantitative estimate of drug-likeness (QED) is 0.897. The maximum Gasteiger partial charge on any atom is 0.224 e. The van der Waals surface area contributed by atoms with E-state index in [1.807, 2.05) is 24.3 Å². The van der Waals surface area contributed by atoms with Crippen molar-refractivity contribution in [3.05, 3.63) is 65.2 Å². The Morgan fingerprint density at radius 2 is 1.65 bits per heavy atom. The summed E-state index contributed by atoms with van der Waals surface area (Å²) >= 11 is 0. The minimum atomic E-state index is 0.0458. The monoisotopic (exact) mass is 267 g/mol. The van der Waals surface area contributed by atoms with Crippen LogP contribution >= 0.6 is 0 Å². The smallest absolute Gasteiger partial charge is 0.224 e. The van der Waals surface area contributed by atoms with E-state index in [4.69, 9.17) is 0 Å². The third kappa shape index (κ3) is 2.67. The van der Waals surface area contributed by atoms with Crippen molar-refractivity contribution < 1.29 is 9.90 Å². The number of fused-ring (bicyclic) bond motifs is 1. The number of phenols is 1. The number of phenolic OH excluding ortho intramolecular Hbond substituents is 1. The van der Waals surface area contributed by atoms with E-state index in [1.165, 1.54) is 11.1 Å². The third-order valence-corrected chi connectivity index (χ3v) is 3.82. The van der Waals surface area contributed by atoms with Crippen molar-refractivity contribution in [2.45, 2.75) is 19.4 Å². The number of carbonyl (C=O) groups excluding carboxylic acids is 1. The van der Waals surface area contributed by atoms with Gasteiger partial charge < -0.3 is 10.4 Å². The Morgan fingerprint density at radius 3 is 2.25 bits per heavy atom. The Morgan fingerprint density at radius 1 is 1.05 bits per heavy atom. The second-order valence-corrected chi connectivity index (χ2v) is 5.26. The van der Waals surface area contributed by atoms with Gasteiger partial charge in [0.15, 0.2) is 0 Å². The number of nitrogens with one attached hydrogen (secondary N) is 1. The molecule has 1 amide bonds. The van der Waals surface area contributed by atoms with E-state index in [2.05, 4.69) is 17.4 Å². The Labute approximate surface area is 118 Å². The molecule has 0 fully saturated rings. The summed E-state index contributed by atoms with van der Waals surface area (Å²) in [7, 11) is 0. The molecule has 0 spiro atoms. The molecule has 2 aromatic carbocycles. The summed E-state index contributed by atoms with van der Waals surface area (Å²) in [6, 6.07) is 15.1. The molecule has 0 heterocycles. The summed E-state index contributed by atoms with van der Waals surface area (Å²) in [6.45, 7) is 0.506. The van der Waals surface area contributed by atoms with Gasteiger partial charge in [-0.1, -0.05) is 36.4 Å². The standard InChI is InChI=1S/C17H17NO2/c19-16-7-5-12(6-8-16)11-18-17(20)15-9-13-3-1-2-4-14(13)10-15/h1-8,15,19H,9-11H2,(H,18,20). The van der Waals surface area contributed by atoms with Crippen LogP contribution in [0.5, 0.6) is 5.75 Å². The van der Waals surface area contributed by atoms with Gasteiger partial charge in [-0.2, -0.15) is 0 Å². The molecule has 0 saturated carbocycles. The van der Waals surface area contributed by atoms with Crippen molar-refractivity contribution in [2.75, 3.05) is 0 Å². The molecule has 0 aromatic heterocycles. The molecule has 0 unspecified atom stereocenters. The van der Waals surface area contributed by atoms with Crippen LogP contribution in [0.15, 0.2) is 48.5 Å². The van der Waals surface area contributed by atoms with E-state index < -0.39 is 0 Å². The molecule has 0 saturated heterocycles. The van der Waals surface area contributed by atoms with Crippen LogP contribution in [0.4, 0.5) is 0 Å². The molecule has 2 N–H and O–H groups in total. The van der Waals surface area contributed by atoms with Crippen LogP contribution < -0.4 is 5.32 Å². The van der Waals surface area contributed by atoms with Crippen molar-refractivity contribution in [1.29, 1.82) is 0 Å². The van der Waals surface area contributed by atoms with Gasteiger partial charge in [0.1, 0.15) is 5.75 Å². The number of hydrogen-bond acceptors (Lipinski definition) is 2. The number of benzene rings is 2. The van der Waals surface area contributed by atoms with Gasteiger partial charge in [-0.05, 0) is 41.7 Å². The maximum absolute atomic E-state index is 12.2. The predicted molar refractivity (Wildman–Crippen MR) is 77.3 cm³/mol. The van der Waals surface area contributed by atoms with Gasteiger partial charge >= 0.3 is 0 Å². The summed E-state index contributed by atoms with van der Waals surface area (Å²) in [6.07, 6.45) is 1.66. The van der Waals surface area contributed by atoms with E-state index in [9.17, 15) is 9.90 Å². The maximum atomic E-state index is 12.2. The first-order valence-corrected chi connectivity index (χ1v) is 6.85. The Hall–Kier alpha value is -2.29. The summed E-state index contributed by atoms with van der Waals surface area (Å²) in [4.78, 5) is 12.2. The van der Waals surface area contributed by atoms with Crippen LogP contribution in [-0.2, 0) is 24.2 Å². The third-order valence-electron chi connectivity index (χ3n) is 3.82. The average molecular weight is 267 g/mol. The fraction of sp³-hybridized carbons (Fsp3) is 0.235. The van der Waals surface area contributed by atoms with Crippen LogP contribution in [0.25, 0.3) is 0 Å². The van der Waals surface area contributed by atoms with Crippen molar-refractivity contribution in [3.63, 3.8) is 0 Å². The van der Waals surface area contributed by atoms with Gasteiger partial charge in [0, 0.05) is 12.5 Å². The minimum Gasteiger partial charge on any atom is -0.508 e. The largest absolute Gasteiger partial charge is 0.508 e.